The molecular formula is C14H23NO4. The van der Waals surface area contributed by atoms with Crippen LogP contribution in [0.25, 0.3) is 0 Å². The van der Waals surface area contributed by atoms with Crippen LogP contribution in [-0.4, -0.2) is 30.8 Å². The summed E-state index contributed by atoms with van der Waals surface area (Å²) in [6.45, 7) is 9.44. The van der Waals surface area contributed by atoms with Crippen molar-refractivity contribution in [2.24, 2.45) is 0 Å². The predicted molar refractivity (Wildman–Crippen MR) is 73.8 cm³/mol. The summed E-state index contributed by atoms with van der Waals surface area (Å²) in [5.41, 5.74) is 0.0993. The monoisotopic (exact) mass is 269 g/mol. The van der Waals surface area contributed by atoms with Crippen molar-refractivity contribution >= 4 is 12.1 Å². The van der Waals surface area contributed by atoms with Crippen LogP contribution in [0.5, 0.6) is 0 Å². The molecule has 0 aliphatic carbocycles. The Hall–Kier alpha value is -1.78. The van der Waals surface area contributed by atoms with Gasteiger partial charge in [-0.05, 0) is 40.2 Å². The third kappa shape index (κ3) is 9.88. The number of carbonyl (C=O) groups excluding carboxylic acids is 2. The first-order chi connectivity index (χ1) is 8.78. The Kier molecular flexibility index (Phi) is 7.56. The molecule has 0 aromatic rings. The number of ether oxygens (including phenoxy) is 2. The van der Waals surface area contributed by atoms with Crippen LogP contribution >= 0.6 is 0 Å². The summed E-state index contributed by atoms with van der Waals surface area (Å²) < 4.78 is 9.91. The molecule has 108 valence electrons. The van der Waals surface area contributed by atoms with Crippen LogP contribution in [0.2, 0.25) is 0 Å². The number of carbonyl (C=O) groups is 2. The Balaban J connectivity index is 4.45. The second kappa shape index (κ2) is 8.34. The molecule has 0 spiro atoms. The maximum absolute atomic E-state index is 11.5. The van der Waals surface area contributed by atoms with Crippen LogP contribution in [0.3, 0.4) is 0 Å². The molecule has 0 heterocycles. The SMILES string of the molecule is C/C=C\C(=C/C(=O)OCC)CNC(=O)OC(C)(C)C. The van der Waals surface area contributed by atoms with E-state index in [0.29, 0.717) is 12.2 Å². The molecule has 0 rings (SSSR count). The zero-order chi connectivity index (χ0) is 14.9. The fourth-order valence-corrected chi connectivity index (χ4v) is 1.20. The van der Waals surface area contributed by atoms with Crippen LogP contribution in [0.1, 0.15) is 34.6 Å². The van der Waals surface area contributed by atoms with E-state index < -0.39 is 17.7 Å². The Labute approximate surface area is 114 Å². The van der Waals surface area contributed by atoms with E-state index in [2.05, 4.69) is 5.32 Å². The number of hydrogen-bond acceptors (Lipinski definition) is 4. The van der Waals surface area contributed by atoms with Gasteiger partial charge in [0.05, 0.1) is 6.61 Å². The zero-order valence-electron chi connectivity index (χ0n) is 12.3. The predicted octanol–water partition coefficient (Wildman–Crippen LogP) is 2.58. The van der Waals surface area contributed by atoms with E-state index in [1.165, 1.54) is 6.08 Å². The van der Waals surface area contributed by atoms with Crippen molar-refractivity contribution in [3.05, 3.63) is 23.8 Å². The molecule has 0 aliphatic rings. The minimum Gasteiger partial charge on any atom is -0.463 e. The van der Waals surface area contributed by atoms with E-state index in [1.807, 2.05) is 6.92 Å². The molecule has 5 nitrogen and oxygen atoms in total. The van der Waals surface area contributed by atoms with E-state index in [4.69, 9.17) is 9.47 Å². The van der Waals surface area contributed by atoms with Gasteiger partial charge in [0.15, 0.2) is 0 Å². The van der Waals surface area contributed by atoms with Crippen molar-refractivity contribution in [2.75, 3.05) is 13.2 Å². The highest BCUT2D eigenvalue weighted by Gasteiger charge is 2.15. The third-order valence-electron chi connectivity index (χ3n) is 1.81. The second-order valence-electron chi connectivity index (χ2n) is 4.83. The van der Waals surface area contributed by atoms with Gasteiger partial charge in [0.25, 0.3) is 0 Å². The molecule has 1 amide bonds. The maximum atomic E-state index is 11.5. The maximum Gasteiger partial charge on any atom is 0.407 e. The van der Waals surface area contributed by atoms with E-state index in [-0.39, 0.29) is 6.54 Å². The van der Waals surface area contributed by atoms with Crippen LogP contribution in [0, 0.1) is 0 Å². The van der Waals surface area contributed by atoms with E-state index in [1.54, 1.807) is 39.8 Å². The van der Waals surface area contributed by atoms with E-state index in [0.717, 1.165) is 0 Å². The Morgan fingerprint density at radius 2 is 1.89 bits per heavy atom. The third-order valence-corrected chi connectivity index (χ3v) is 1.81. The van der Waals surface area contributed by atoms with Gasteiger partial charge in [0.2, 0.25) is 0 Å². The molecule has 0 aromatic carbocycles. The van der Waals surface area contributed by atoms with Crippen LogP contribution in [0.4, 0.5) is 4.79 Å². The Morgan fingerprint density at radius 3 is 2.37 bits per heavy atom. The lowest BCUT2D eigenvalue weighted by atomic mass is 10.2. The van der Waals surface area contributed by atoms with Gasteiger partial charge in [-0.25, -0.2) is 9.59 Å². The largest absolute Gasteiger partial charge is 0.463 e. The minimum atomic E-state index is -0.546. The molecule has 0 fully saturated rings. The lowest BCUT2D eigenvalue weighted by Crippen LogP contribution is -2.33. The molecule has 19 heavy (non-hydrogen) atoms. The van der Waals surface area contributed by atoms with Gasteiger partial charge in [0.1, 0.15) is 5.60 Å². The molecule has 5 heteroatoms. The van der Waals surface area contributed by atoms with Gasteiger partial charge in [-0.1, -0.05) is 12.2 Å². The highest BCUT2D eigenvalue weighted by molar-refractivity contribution is 5.83. The molecule has 0 saturated heterocycles. The first-order valence-electron chi connectivity index (χ1n) is 6.25. The molecule has 0 bridgehead atoms. The van der Waals surface area contributed by atoms with Gasteiger partial charge in [-0.2, -0.15) is 0 Å². The topological polar surface area (TPSA) is 64.6 Å². The van der Waals surface area contributed by atoms with Crippen LogP contribution < -0.4 is 5.32 Å². The molecule has 1 N–H and O–H groups in total. The Bertz CT molecular complexity index is 364. The smallest absolute Gasteiger partial charge is 0.407 e. The highest BCUT2D eigenvalue weighted by Crippen LogP contribution is 2.06. The summed E-state index contributed by atoms with van der Waals surface area (Å²) in [5.74, 6) is -0.429. The summed E-state index contributed by atoms with van der Waals surface area (Å²) in [4.78, 5) is 22.8. The van der Waals surface area contributed by atoms with Gasteiger partial charge in [0, 0.05) is 12.6 Å². The van der Waals surface area contributed by atoms with Crippen molar-refractivity contribution < 1.29 is 19.1 Å². The molecular weight excluding hydrogens is 246 g/mol. The second-order valence-corrected chi connectivity index (χ2v) is 4.83. The number of alkyl carbamates (subject to hydrolysis) is 1. The zero-order valence-corrected chi connectivity index (χ0v) is 12.3. The van der Waals surface area contributed by atoms with Crippen LogP contribution in [0.15, 0.2) is 23.8 Å². The fourth-order valence-electron chi connectivity index (χ4n) is 1.20. The quantitative estimate of drug-likeness (QED) is 0.473. The van der Waals surface area contributed by atoms with Crippen molar-refractivity contribution in [3.63, 3.8) is 0 Å². The molecule has 0 aromatic heterocycles. The average Bonchev–Trinajstić information content (AvgIpc) is 2.24. The summed E-state index contributed by atoms with van der Waals surface area (Å²) in [5, 5.41) is 2.58. The Morgan fingerprint density at radius 1 is 1.26 bits per heavy atom. The number of hydrogen-bond donors (Lipinski definition) is 1. The first kappa shape index (κ1) is 17.2. The lowest BCUT2D eigenvalue weighted by molar-refractivity contribution is -0.137. The van der Waals surface area contributed by atoms with Crippen molar-refractivity contribution in [2.45, 2.75) is 40.2 Å². The average molecular weight is 269 g/mol. The van der Waals surface area contributed by atoms with Crippen molar-refractivity contribution in [1.82, 2.24) is 5.32 Å². The summed E-state index contributed by atoms with van der Waals surface area (Å²) in [6.07, 6.45) is 4.34. The summed E-state index contributed by atoms with van der Waals surface area (Å²) in [6, 6.07) is 0. The molecule has 0 saturated carbocycles. The summed E-state index contributed by atoms with van der Waals surface area (Å²) >= 11 is 0. The van der Waals surface area contributed by atoms with Crippen LogP contribution in [-0.2, 0) is 14.3 Å². The molecule has 0 atom stereocenters. The molecule has 0 aliphatic heterocycles. The number of allylic oxidation sites excluding steroid dienone is 1. The molecule has 0 unspecified atom stereocenters. The van der Waals surface area contributed by atoms with Gasteiger partial charge >= 0.3 is 12.1 Å². The fraction of sp³-hybridized carbons (Fsp3) is 0.571. The molecule has 0 radical (unpaired) electrons. The van der Waals surface area contributed by atoms with Gasteiger partial charge in [-0.15, -0.1) is 0 Å². The van der Waals surface area contributed by atoms with Crippen molar-refractivity contribution in [3.8, 4) is 0 Å². The number of rotatable bonds is 5. The normalized spacial score (nSPS) is 12.4. The summed E-state index contributed by atoms with van der Waals surface area (Å²) in [7, 11) is 0. The number of nitrogens with one attached hydrogen (secondary N) is 1. The van der Waals surface area contributed by atoms with E-state index in [9.17, 15) is 9.59 Å². The standard InChI is InChI=1S/C14H23NO4/c1-6-8-11(9-12(16)18-7-2)10-15-13(17)19-14(3,4)5/h6,8-9H,7,10H2,1-5H3,(H,15,17)/b8-6-,11-9+. The minimum absolute atomic E-state index is 0.206. The van der Waals surface area contributed by atoms with Crippen molar-refractivity contribution in [1.29, 1.82) is 0 Å². The highest BCUT2D eigenvalue weighted by atomic mass is 16.6. The number of esters is 1. The first-order valence-corrected chi connectivity index (χ1v) is 6.25. The lowest BCUT2D eigenvalue weighted by Gasteiger charge is -2.19. The van der Waals surface area contributed by atoms with E-state index >= 15 is 0 Å². The van der Waals surface area contributed by atoms with Gasteiger partial charge < -0.3 is 14.8 Å². The van der Waals surface area contributed by atoms with Gasteiger partial charge in [-0.3, -0.25) is 0 Å². The number of amides is 1.